The average Bonchev–Trinajstić information content (AvgIpc) is 2.76. The number of nitrogens with one attached hydrogen (secondary N) is 1. The zero-order chi connectivity index (χ0) is 12.8. The Morgan fingerprint density at radius 2 is 2.00 bits per heavy atom. The van der Waals surface area contributed by atoms with Gasteiger partial charge in [0.1, 0.15) is 0 Å². The Morgan fingerprint density at radius 3 is 2.47 bits per heavy atom. The highest BCUT2D eigenvalue weighted by molar-refractivity contribution is 5.79. The Labute approximate surface area is 105 Å². The molecule has 1 rings (SSSR count). The Kier molecular flexibility index (Phi) is 5.92. The number of rotatable bonds is 7. The Balaban J connectivity index is 2.32. The zero-order valence-electron chi connectivity index (χ0n) is 11.4. The maximum absolute atomic E-state index is 11.3. The lowest BCUT2D eigenvalue weighted by Crippen LogP contribution is -2.46. The van der Waals surface area contributed by atoms with Crippen LogP contribution in [-0.4, -0.2) is 42.5 Å². The van der Waals surface area contributed by atoms with Crippen LogP contribution in [0.5, 0.6) is 0 Å². The summed E-state index contributed by atoms with van der Waals surface area (Å²) in [4.78, 5) is 13.7. The molecule has 0 aromatic rings. The van der Waals surface area contributed by atoms with Crippen LogP contribution in [0.3, 0.4) is 0 Å². The van der Waals surface area contributed by atoms with Gasteiger partial charge in [-0.1, -0.05) is 26.7 Å². The standard InChI is InChI=1S/C13H27N3O/c1-10(2)15-12(13(14)17)8-9-16(3)11-6-4-5-7-11/h10-12,15H,4-9H2,1-3H3,(H2,14,17). The van der Waals surface area contributed by atoms with Crippen molar-refractivity contribution < 1.29 is 4.79 Å². The summed E-state index contributed by atoms with van der Waals surface area (Å²) in [7, 11) is 2.16. The van der Waals surface area contributed by atoms with E-state index in [9.17, 15) is 4.79 Å². The van der Waals surface area contributed by atoms with E-state index >= 15 is 0 Å². The molecule has 4 heteroatoms. The normalized spacial score (nSPS) is 19.1. The van der Waals surface area contributed by atoms with Crippen molar-refractivity contribution >= 4 is 5.91 Å². The highest BCUT2D eigenvalue weighted by Gasteiger charge is 2.22. The minimum Gasteiger partial charge on any atom is -0.368 e. The van der Waals surface area contributed by atoms with Crippen molar-refractivity contribution in [2.24, 2.45) is 5.73 Å². The Morgan fingerprint density at radius 1 is 1.41 bits per heavy atom. The number of carbonyl (C=O) groups excluding carboxylic acids is 1. The van der Waals surface area contributed by atoms with Crippen molar-refractivity contribution in [3.63, 3.8) is 0 Å². The maximum Gasteiger partial charge on any atom is 0.234 e. The van der Waals surface area contributed by atoms with Gasteiger partial charge in [-0.3, -0.25) is 4.79 Å². The van der Waals surface area contributed by atoms with Crippen molar-refractivity contribution in [1.29, 1.82) is 0 Å². The minimum atomic E-state index is -0.237. The molecule has 0 bridgehead atoms. The molecule has 1 fully saturated rings. The van der Waals surface area contributed by atoms with Crippen molar-refractivity contribution in [3.05, 3.63) is 0 Å². The summed E-state index contributed by atoms with van der Waals surface area (Å²) in [6, 6.07) is 0.811. The van der Waals surface area contributed by atoms with Gasteiger partial charge >= 0.3 is 0 Å². The molecular weight excluding hydrogens is 214 g/mol. The molecule has 1 atom stereocenters. The molecule has 0 radical (unpaired) electrons. The van der Waals surface area contributed by atoms with Crippen LogP contribution >= 0.6 is 0 Å². The summed E-state index contributed by atoms with van der Waals surface area (Å²) in [6.45, 7) is 5.02. The number of primary amides is 1. The molecule has 1 aliphatic rings. The van der Waals surface area contributed by atoms with E-state index in [-0.39, 0.29) is 11.9 Å². The smallest absolute Gasteiger partial charge is 0.234 e. The van der Waals surface area contributed by atoms with Crippen LogP contribution in [-0.2, 0) is 4.79 Å². The van der Waals surface area contributed by atoms with Crippen LogP contribution in [0.4, 0.5) is 0 Å². The third-order valence-electron chi connectivity index (χ3n) is 3.60. The fourth-order valence-corrected chi connectivity index (χ4v) is 2.57. The third kappa shape index (κ3) is 5.04. The molecule has 4 nitrogen and oxygen atoms in total. The summed E-state index contributed by atoms with van der Waals surface area (Å²) in [5.41, 5.74) is 5.40. The number of amides is 1. The molecule has 17 heavy (non-hydrogen) atoms. The van der Waals surface area contributed by atoms with E-state index in [0.717, 1.165) is 13.0 Å². The average molecular weight is 241 g/mol. The Bertz CT molecular complexity index is 237. The van der Waals surface area contributed by atoms with Gasteiger partial charge in [0.25, 0.3) is 0 Å². The van der Waals surface area contributed by atoms with E-state index < -0.39 is 0 Å². The van der Waals surface area contributed by atoms with Crippen molar-refractivity contribution in [1.82, 2.24) is 10.2 Å². The SMILES string of the molecule is CC(C)NC(CCN(C)C1CCCC1)C(N)=O. The van der Waals surface area contributed by atoms with Crippen molar-refractivity contribution in [3.8, 4) is 0 Å². The lowest BCUT2D eigenvalue weighted by Gasteiger charge is -2.26. The molecule has 1 saturated carbocycles. The van der Waals surface area contributed by atoms with E-state index in [2.05, 4.69) is 17.3 Å². The molecule has 0 aromatic heterocycles. The first-order valence-corrected chi connectivity index (χ1v) is 6.76. The Hall–Kier alpha value is -0.610. The fraction of sp³-hybridized carbons (Fsp3) is 0.923. The summed E-state index contributed by atoms with van der Waals surface area (Å²) in [5.74, 6) is -0.237. The second-order valence-corrected chi connectivity index (χ2v) is 5.48. The number of hydrogen-bond donors (Lipinski definition) is 2. The summed E-state index contributed by atoms with van der Waals surface area (Å²) >= 11 is 0. The predicted molar refractivity (Wildman–Crippen MR) is 70.8 cm³/mol. The van der Waals surface area contributed by atoms with Gasteiger partial charge < -0.3 is 16.0 Å². The molecule has 1 amide bonds. The first-order valence-electron chi connectivity index (χ1n) is 6.76. The molecule has 1 unspecified atom stereocenters. The van der Waals surface area contributed by atoms with Crippen LogP contribution in [0, 0.1) is 0 Å². The van der Waals surface area contributed by atoms with Gasteiger partial charge in [-0.2, -0.15) is 0 Å². The quantitative estimate of drug-likeness (QED) is 0.702. The van der Waals surface area contributed by atoms with Gasteiger partial charge in [0.15, 0.2) is 0 Å². The molecule has 0 spiro atoms. The second-order valence-electron chi connectivity index (χ2n) is 5.48. The van der Waals surface area contributed by atoms with Crippen LogP contribution in [0.25, 0.3) is 0 Å². The molecule has 0 aromatic carbocycles. The first-order chi connectivity index (χ1) is 8.00. The van der Waals surface area contributed by atoms with Gasteiger partial charge in [-0.15, -0.1) is 0 Å². The van der Waals surface area contributed by atoms with Crippen molar-refractivity contribution in [2.45, 2.75) is 64.1 Å². The topological polar surface area (TPSA) is 58.4 Å². The van der Waals surface area contributed by atoms with E-state index in [0.29, 0.717) is 12.1 Å². The van der Waals surface area contributed by atoms with E-state index in [1.54, 1.807) is 0 Å². The molecule has 0 aliphatic heterocycles. The molecule has 1 aliphatic carbocycles. The lowest BCUT2D eigenvalue weighted by molar-refractivity contribution is -0.120. The zero-order valence-corrected chi connectivity index (χ0v) is 11.4. The highest BCUT2D eigenvalue weighted by Crippen LogP contribution is 2.22. The van der Waals surface area contributed by atoms with Gasteiger partial charge in [0.05, 0.1) is 6.04 Å². The van der Waals surface area contributed by atoms with Crippen molar-refractivity contribution in [2.75, 3.05) is 13.6 Å². The largest absolute Gasteiger partial charge is 0.368 e. The van der Waals surface area contributed by atoms with Crippen LogP contribution in [0.1, 0.15) is 46.0 Å². The maximum atomic E-state index is 11.3. The highest BCUT2D eigenvalue weighted by atomic mass is 16.1. The number of nitrogens with two attached hydrogens (primary N) is 1. The number of nitrogens with zero attached hydrogens (tertiary/aromatic N) is 1. The summed E-state index contributed by atoms with van der Waals surface area (Å²) in [5, 5.41) is 3.22. The molecular formula is C13H27N3O. The monoisotopic (exact) mass is 241 g/mol. The van der Waals surface area contributed by atoms with E-state index in [4.69, 9.17) is 5.73 Å². The first kappa shape index (κ1) is 14.5. The lowest BCUT2D eigenvalue weighted by atomic mass is 10.1. The molecule has 0 saturated heterocycles. The summed E-state index contributed by atoms with van der Waals surface area (Å²) < 4.78 is 0. The van der Waals surface area contributed by atoms with Gasteiger partial charge in [0.2, 0.25) is 5.91 Å². The molecule has 3 N–H and O–H groups in total. The van der Waals surface area contributed by atoms with Gasteiger partial charge in [-0.05, 0) is 26.3 Å². The molecule has 100 valence electrons. The third-order valence-corrected chi connectivity index (χ3v) is 3.60. The summed E-state index contributed by atoms with van der Waals surface area (Å²) in [6.07, 6.45) is 6.10. The fourth-order valence-electron chi connectivity index (χ4n) is 2.57. The molecule has 0 heterocycles. The predicted octanol–water partition coefficient (Wildman–Crippen LogP) is 1.10. The minimum absolute atomic E-state index is 0.196. The number of carbonyl (C=O) groups is 1. The van der Waals surface area contributed by atoms with Gasteiger partial charge in [-0.25, -0.2) is 0 Å². The van der Waals surface area contributed by atoms with Crippen LogP contribution in [0.15, 0.2) is 0 Å². The van der Waals surface area contributed by atoms with Crippen LogP contribution < -0.4 is 11.1 Å². The number of hydrogen-bond acceptors (Lipinski definition) is 3. The van der Waals surface area contributed by atoms with Gasteiger partial charge in [0, 0.05) is 18.6 Å². The van der Waals surface area contributed by atoms with E-state index in [1.165, 1.54) is 25.7 Å². The second kappa shape index (κ2) is 6.97. The van der Waals surface area contributed by atoms with E-state index in [1.807, 2.05) is 13.8 Å². The van der Waals surface area contributed by atoms with Crippen LogP contribution in [0.2, 0.25) is 0 Å².